The van der Waals surface area contributed by atoms with E-state index in [1.54, 1.807) is 0 Å². The normalized spacial score (nSPS) is 18.4. The van der Waals surface area contributed by atoms with Gasteiger partial charge in [-0.2, -0.15) is 0 Å². The van der Waals surface area contributed by atoms with Gasteiger partial charge in [-0.1, -0.05) is 6.92 Å². The fraction of sp³-hybridized carbons (Fsp3) is 1.00. The molecule has 0 amide bonds. The summed E-state index contributed by atoms with van der Waals surface area (Å²) >= 11 is 0. The number of hydrogen-bond donors (Lipinski definition) is 1. The summed E-state index contributed by atoms with van der Waals surface area (Å²) in [6.45, 7) is 7.60. The summed E-state index contributed by atoms with van der Waals surface area (Å²) in [5.41, 5.74) is 0. The van der Waals surface area contributed by atoms with Gasteiger partial charge in [0.05, 0.1) is 5.75 Å². The summed E-state index contributed by atoms with van der Waals surface area (Å²) in [5.74, 6) is 1.11. The van der Waals surface area contributed by atoms with E-state index in [2.05, 4.69) is 17.1 Å². The number of piperidine rings is 1. The summed E-state index contributed by atoms with van der Waals surface area (Å²) in [7, 11) is -2.80. The van der Waals surface area contributed by atoms with Crippen LogP contribution in [-0.4, -0.2) is 58.1 Å². The molecule has 1 rings (SSSR count). The zero-order chi connectivity index (χ0) is 13.4. The van der Waals surface area contributed by atoms with Gasteiger partial charge in [0.1, 0.15) is 9.84 Å². The highest BCUT2D eigenvalue weighted by Crippen LogP contribution is 2.14. The van der Waals surface area contributed by atoms with Crippen LogP contribution >= 0.6 is 0 Å². The quantitative estimate of drug-likeness (QED) is 0.722. The molecule has 1 heterocycles. The van der Waals surface area contributed by atoms with E-state index in [-0.39, 0.29) is 0 Å². The average Bonchev–Trinajstić information content (AvgIpc) is 2.29. The van der Waals surface area contributed by atoms with Crippen molar-refractivity contribution in [1.82, 2.24) is 10.2 Å². The highest BCUT2D eigenvalue weighted by atomic mass is 32.2. The average molecular weight is 276 g/mol. The number of sulfone groups is 1. The fourth-order valence-electron chi connectivity index (χ4n) is 2.59. The van der Waals surface area contributed by atoms with Crippen molar-refractivity contribution in [3.8, 4) is 0 Å². The smallest absolute Gasteiger partial charge is 0.147 e. The molecular weight excluding hydrogens is 248 g/mol. The Morgan fingerprint density at radius 2 is 1.89 bits per heavy atom. The van der Waals surface area contributed by atoms with Gasteiger partial charge in [0.2, 0.25) is 0 Å². The molecule has 0 spiro atoms. The molecule has 0 radical (unpaired) electrons. The Hall–Kier alpha value is -0.130. The van der Waals surface area contributed by atoms with Gasteiger partial charge < -0.3 is 10.2 Å². The van der Waals surface area contributed by atoms with Gasteiger partial charge in [0.25, 0.3) is 0 Å². The predicted molar refractivity (Wildman–Crippen MR) is 76.7 cm³/mol. The molecule has 4 nitrogen and oxygen atoms in total. The van der Waals surface area contributed by atoms with E-state index in [4.69, 9.17) is 0 Å². The van der Waals surface area contributed by atoms with Crippen LogP contribution in [0, 0.1) is 5.92 Å². The van der Waals surface area contributed by atoms with E-state index < -0.39 is 9.84 Å². The van der Waals surface area contributed by atoms with Crippen molar-refractivity contribution in [3.63, 3.8) is 0 Å². The first kappa shape index (κ1) is 15.9. The van der Waals surface area contributed by atoms with Crippen molar-refractivity contribution in [1.29, 1.82) is 0 Å². The maximum absolute atomic E-state index is 11.1. The van der Waals surface area contributed by atoms with Gasteiger partial charge in [0, 0.05) is 12.8 Å². The van der Waals surface area contributed by atoms with Crippen LogP contribution in [-0.2, 0) is 9.84 Å². The summed E-state index contributed by atoms with van der Waals surface area (Å²) in [5, 5.41) is 3.39. The van der Waals surface area contributed by atoms with Crippen LogP contribution in [0.1, 0.15) is 32.6 Å². The van der Waals surface area contributed by atoms with E-state index >= 15 is 0 Å². The van der Waals surface area contributed by atoms with Crippen LogP contribution in [0.3, 0.4) is 0 Å². The third-order valence-corrected chi connectivity index (χ3v) is 4.53. The second kappa shape index (κ2) is 8.12. The van der Waals surface area contributed by atoms with Gasteiger partial charge in [-0.15, -0.1) is 0 Å². The monoisotopic (exact) mass is 276 g/mol. The van der Waals surface area contributed by atoms with Crippen molar-refractivity contribution in [2.75, 3.05) is 44.7 Å². The fourth-order valence-corrected chi connectivity index (χ4v) is 3.24. The maximum Gasteiger partial charge on any atom is 0.147 e. The highest BCUT2D eigenvalue weighted by molar-refractivity contribution is 7.90. The summed E-state index contributed by atoms with van der Waals surface area (Å²) in [6, 6.07) is 0. The van der Waals surface area contributed by atoms with Gasteiger partial charge in [-0.25, -0.2) is 8.42 Å². The Labute approximate surface area is 112 Å². The Morgan fingerprint density at radius 1 is 1.22 bits per heavy atom. The van der Waals surface area contributed by atoms with Crippen molar-refractivity contribution in [2.24, 2.45) is 5.92 Å². The summed E-state index contributed by atoms with van der Waals surface area (Å²) in [6.07, 6.45) is 5.75. The Bertz CT molecular complexity index is 311. The van der Waals surface area contributed by atoms with E-state index in [0.29, 0.717) is 5.75 Å². The molecule has 1 aliphatic rings. The number of nitrogens with one attached hydrogen (secondary N) is 1. The first-order valence-electron chi connectivity index (χ1n) is 7.12. The zero-order valence-electron chi connectivity index (χ0n) is 11.8. The molecule has 1 fully saturated rings. The number of rotatable bonds is 8. The zero-order valence-corrected chi connectivity index (χ0v) is 12.6. The second-order valence-electron chi connectivity index (χ2n) is 5.48. The van der Waals surface area contributed by atoms with Crippen LogP contribution in [0.15, 0.2) is 0 Å². The lowest BCUT2D eigenvalue weighted by molar-refractivity contribution is 0.206. The van der Waals surface area contributed by atoms with Crippen molar-refractivity contribution in [3.05, 3.63) is 0 Å². The summed E-state index contributed by atoms with van der Waals surface area (Å²) < 4.78 is 22.3. The predicted octanol–water partition coefficient (Wildman–Crippen LogP) is 1.13. The van der Waals surface area contributed by atoms with E-state index in [0.717, 1.165) is 51.5 Å². The topological polar surface area (TPSA) is 49.4 Å². The molecule has 0 saturated carbocycles. The molecular formula is C13H28N2O2S. The van der Waals surface area contributed by atoms with Gasteiger partial charge in [-0.3, -0.25) is 0 Å². The van der Waals surface area contributed by atoms with Crippen molar-refractivity contribution >= 4 is 9.84 Å². The molecule has 1 aliphatic heterocycles. The molecule has 108 valence electrons. The molecule has 0 aromatic rings. The SMILES string of the molecule is CCCN(CCCS(C)(=O)=O)CC1CCNCC1. The molecule has 5 heteroatoms. The molecule has 18 heavy (non-hydrogen) atoms. The van der Waals surface area contributed by atoms with Crippen LogP contribution in [0.4, 0.5) is 0 Å². The van der Waals surface area contributed by atoms with Gasteiger partial charge in [0.15, 0.2) is 0 Å². The molecule has 0 bridgehead atoms. The standard InChI is InChI=1S/C13H28N2O2S/c1-3-9-15(10-4-11-18(2,16)17)12-13-5-7-14-8-6-13/h13-14H,3-12H2,1-2H3. The van der Waals surface area contributed by atoms with Gasteiger partial charge >= 0.3 is 0 Å². The van der Waals surface area contributed by atoms with Crippen LogP contribution in [0.25, 0.3) is 0 Å². The lowest BCUT2D eigenvalue weighted by atomic mass is 9.97. The lowest BCUT2D eigenvalue weighted by Crippen LogP contribution is -2.37. The highest BCUT2D eigenvalue weighted by Gasteiger charge is 2.16. The largest absolute Gasteiger partial charge is 0.317 e. The molecule has 0 unspecified atom stereocenters. The van der Waals surface area contributed by atoms with Crippen LogP contribution < -0.4 is 5.32 Å². The van der Waals surface area contributed by atoms with E-state index in [1.807, 2.05) is 0 Å². The molecule has 0 aromatic carbocycles. The minimum absolute atomic E-state index is 0.319. The third-order valence-electron chi connectivity index (χ3n) is 3.50. The molecule has 0 atom stereocenters. The molecule has 0 aliphatic carbocycles. The van der Waals surface area contributed by atoms with Crippen molar-refractivity contribution in [2.45, 2.75) is 32.6 Å². The lowest BCUT2D eigenvalue weighted by Gasteiger charge is -2.29. The minimum Gasteiger partial charge on any atom is -0.317 e. The van der Waals surface area contributed by atoms with E-state index in [9.17, 15) is 8.42 Å². The maximum atomic E-state index is 11.1. The number of nitrogens with zero attached hydrogens (tertiary/aromatic N) is 1. The Kier molecular flexibility index (Phi) is 7.19. The third kappa shape index (κ3) is 7.34. The first-order chi connectivity index (χ1) is 8.51. The Balaban J connectivity index is 2.29. The second-order valence-corrected chi connectivity index (χ2v) is 7.74. The molecule has 1 saturated heterocycles. The minimum atomic E-state index is -2.80. The van der Waals surface area contributed by atoms with Gasteiger partial charge in [-0.05, 0) is 57.8 Å². The molecule has 0 aromatic heterocycles. The summed E-state index contributed by atoms with van der Waals surface area (Å²) in [4.78, 5) is 2.45. The molecule has 1 N–H and O–H groups in total. The van der Waals surface area contributed by atoms with E-state index in [1.165, 1.54) is 19.1 Å². The Morgan fingerprint density at radius 3 is 2.44 bits per heavy atom. The van der Waals surface area contributed by atoms with Crippen molar-refractivity contribution < 1.29 is 8.42 Å². The first-order valence-corrected chi connectivity index (χ1v) is 9.18. The van der Waals surface area contributed by atoms with Crippen LogP contribution in [0.2, 0.25) is 0 Å². The number of hydrogen-bond acceptors (Lipinski definition) is 4. The van der Waals surface area contributed by atoms with Crippen LogP contribution in [0.5, 0.6) is 0 Å².